The summed E-state index contributed by atoms with van der Waals surface area (Å²) in [5.74, 6) is -1.96. The number of rotatable bonds is 12. The minimum atomic E-state index is -1.05. The molecular weight excluding hydrogens is 446 g/mol. The number of H-pyrrole nitrogens is 1. The maximum absolute atomic E-state index is 13.0. The number of esters is 1. The molecule has 0 aliphatic carbocycles. The molecule has 1 aromatic heterocycles. The zero-order valence-electron chi connectivity index (χ0n) is 19.2. The molecular formula is C22H29N5O7. The van der Waals surface area contributed by atoms with E-state index in [0.717, 1.165) is 30.2 Å². The molecule has 0 fully saturated rings. The van der Waals surface area contributed by atoms with E-state index in [0.29, 0.717) is 12.8 Å². The number of nitrogens with two attached hydrogens (primary N) is 1. The molecule has 1 aromatic carbocycles. The number of aromatic amines is 1. The van der Waals surface area contributed by atoms with Gasteiger partial charge in [0.1, 0.15) is 11.4 Å². The number of nitrogens with zero attached hydrogens (tertiary/aromatic N) is 3. The lowest BCUT2D eigenvalue weighted by Gasteiger charge is -2.24. The molecule has 0 radical (unpaired) electrons. The van der Waals surface area contributed by atoms with Gasteiger partial charge in [-0.3, -0.25) is 29.3 Å². The van der Waals surface area contributed by atoms with Crippen LogP contribution in [0.5, 0.6) is 0 Å². The molecule has 0 aliphatic heterocycles. The topological polar surface area (TPSA) is 171 Å². The first kappa shape index (κ1) is 26.3. The molecule has 0 spiro atoms. The third-order valence-electron chi connectivity index (χ3n) is 5.15. The van der Waals surface area contributed by atoms with Crippen molar-refractivity contribution in [2.45, 2.75) is 52.5 Å². The molecule has 0 atom stereocenters. The summed E-state index contributed by atoms with van der Waals surface area (Å²) in [5, 5.41) is 11.2. The van der Waals surface area contributed by atoms with Gasteiger partial charge in [0, 0.05) is 19.2 Å². The van der Waals surface area contributed by atoms with Gasteiger partial charge in [0.05, 0.1) is 4.92 Å². The molecule has 1 heterocycles. The molecule has 12 heteroatoms. The summed E-state index contributed by atoms with van der Waals surface area (Å²) in [7, 11) is 0. The van der Waals surface area contributed by atoms with Crippen LogP contribution in [-0.2, 0) is 16.1 Å². The van der Waals surface area contributed by atoms with Crippen LogP contribution in [0.1, 0.15) is 56.3 Å². The summed E-state index contributed by atoms with van der Waals surface area (Å²) in [6, 6.07) is 5.20. The van der Waals surface area contributed by atoms with Gasteiger partial charge in [0.2, 0.25) is 0 Å². The summed E-state index contributed by atoms with van der Waals surface area (Å²) in [6.45, 7) is 3.49. The molecule has 184 valence electrons. The van der Waals surface area contributed by atoms with E-state index >= 15 is 0 Å². The van der Waals surface area contributed by atoms with Gasteiger partial charge in [-0.05, 0) is 18.9 Å². The first-order valence-corrected chi connectivity index (χ1v) is 11.1. The Hall–Kier alpha value is -3.96. The Morgan fingerprint density at radius 3 is 2.47 bits per heavy atom. The fraction of sp³-hybridized carbons (Fsp3) is 0.455. The summed E-state index contributed by atoms with van der Waals surface area (Å²) >= 11 is 0. The number of nitro groups is 1. The largest absolute Gasteiger partial charge is 0.452 e. The minimum Gasteiger partial charge on any atom is -0.452 e. The number of nitro benzene ring substituents is 1. The number of carbonyl (C=O) groups excluding carboxylic acids is 2. The Bertz CT molecular complexity index is 1160. The van der Waals surface area contributed by atoms with Crippen LogP contribution in [0.2, 0.25) is 0 Å². The number of amides is 1. The van der Waals surface area contributed by atoms with Crippen molar-refractivity contribution < 1.29 is 19.2 Å². The summed E-state index contributed by atoms with van der Waals surface area (Å²) in [5.41, 5.74) is 3.68. The lowest BCUT2D eigenvalue weighted by atomic mass is 10.2. The van der Waals surface area contributed by atoms with Gasteiger partial charge in [-0.1, -0.05) is 45.2 Å². The monoisotopic (exact) mass is 475 g/mol. The normalized spacial score (nSPS) is 10.6. The summed E-state index contributed by atoms with van der Waals surface area (Å²) in [4.78, 5) is 64.0. The van der Waals surface area contributed by atoms with Crippen LogP contribution in [0.3, 0.4) is 0 Å². The zero-order chi connectivity index (χ0) is 25.3. The molecule has 12 nitrogen and oxygen atoms in total. The molecule has 2 aromatic rings. The second kappa shape index (κ2) is 12.3. The van der Waals surface area contributed by atoms with Crippen LogP contribution < -0.4 is 21.9 Å². The fourth-order valence-corrected chi connectivity index (χ4v) is 3.35. The van der Waals surface area contributed by atoms with E-state index in [-0.39, 0.29) is 30.2 Å². The lowest BCUT2D eigenvalue weighted by Crippen LogP contribution is -2.43. The molecule has 0 saturated heterocycles. The van der Waals surface area contributed by atoms with E-state index < -0.39 is 40.3 Å². The molecule has 0 aliphatic rings. The number of nitrogens with one attached hydrogen (secondary N) is 1. The van der Waals surface area contributed by atoms with Gasteiger partial charge in [-0.15, -0.1) is 0 Å². The van der Waals surface area contributed by atoms with E-state index in [1.807, 2.05) is 13.8 Å². The van der Waals surface area contributed by atoms with Crippen molar-refractivity contribution in [3.63, 3.8) is 0 Å². The van der Waals surface area contributed by atoms with Crippen LogP contribution >= 0.6 is 0 Å². The molecule has 2 rings (SSSR count). The average Bonchev–Trinajstić information content (AvgIpc) is 2.81. The Labute approximate surface area is 195 Å². The van der Waals surface area contributed by atoms with Gasteiger partial charge < -0.3 is 15.4 Å². The first-order chi connectivity index (χ1) is 16.2. The van der Waals surface area contributed by atoms with Gasteiger partial charge in [-0.25, -0.2) is 9.59 Å². The minimum absolute atomic E-state index is 0.106. The third kappa shape index (κ3) is 6.30. The second-order valence-electron chi connectivity index (χ2n) is 7.60. The number of hydrogen-bond acceptors (Lipinski definition) is 8. The number of nitrogen functional groups attached to an aromatic ring is 1. The number of unbranched alkanes of at least 4 members (excludes halogenated alkanes) is 3. The highest BCUT2D eigenvalue weighted by atomic mass is 16.6. The fourth-order valence-electron chi connectivity index (χ4n) is 3.35. The Kier molecular flexibility index (Phi) is 9.53. The van der Waals surface area contributed by atoms with Crippen LogP contribution in [0.25, 0.3) is 0 Å². The van der Waals surface area contributed by atoms with Gasteiger partial charge in [-0.2, -0.15) is 0 Å². The van der Waals surface area contributed by atoms with E-state index in [4.69, 9.17) is 10.5 Å². The van der Waals surface area contributed by atoms with Crippen LogP contribution in [-0.4, -0.2) is 39.5 Å². The number of ether oxygens (including phenoxy) is 1. The van der Waals surface area contributed by atoms with Crippen molar-refractivity contribution >= 4 is 29.1 Å². The van der Waals surface area contributed by atoms with Gasteiger partial charge in [0.15, 0.2) is 12.3 Å². The van der Waals surface area contributed by atoms with Crippen LogP contribution in [0, 0.1) is 10.1 Å². The first-order valence-electron chi connectivity index (χ1n) is 11.1. The number of benzene rings is 1. The van der Waals surface area contributed by atoms with Crippen molar-refractivity contribution in [1.29, 1.82) is 0 Å². The highest BCUT2D eigenvalue weighted by molar-refractivity contribution is 5.99. The van der Waals surface area contributed by atoms with Crippen molar-refractivity contribution in [1.82, 2.24) is 9.55 Å². The quantitative estimate of drug-likeness (QED) is 0.204. The highest BCUT2D eigenvalue weighted by Gasteiger charge is 2.26. The maximum atomic E-state index is 13.0. The summed E-state index contributed by atoms with van der Waals surface area (Å²) < 4.78 is 6.23. The second-order valence-corrected chi connectivity index (χ2v) is 7.60. The predicted molar refractivity (Wildman–Crippen MR) is 126 cm³/mol. The van der Waals surface area contributed by atoms with Gasteiger partial charge in [0.25, 0.3) is 17.2 Å². The Balaban J connectivity index is 2.34. The van der Waals surface area contributed by atoms with Crippen LogP contribution in [0.15, 0.2) is 33.9 Å². The molecule has 0 unspecified atom stereocenters. The van der Waals surface area contributed by atoms with Crippen molar-refractivity contribution in [3.8, 4) is 0 Å². The standard InChI is InChI=1S/C22H29N5O7/c1-3-5-9-13-25(18-19(23)26(12-6-4-2)22(31)24-20(18)29)17(28)14-34-21(30)15-10-7-8-11-16(15)27(32)33/h7-8,10-11H,3-6,9,12-14,23H2,1-2H3,(H,24,29,31). The molecule has 34 heavy (non-hydrogen) atoms. The van der Waals surface area contributed by atoms with Gasteiger partial charge >= 0.3 is 11.7 Å². The molecule has 3 N–H and O–H groups in total. The predicted octanol–water partition coefficient (Wildman–Crippen LogP) is 2.21. The summed E-state index contributed by atoms with van der Waals surface area (Å²) in [6.07, 6.45) is 3.55. The number of para-hydroxylation sites is 1. The number of hydrogen-bond donors (Lipinski definition) is 2. The molecule has 0 saturated carbocycles. The van der Waals surface area contributed by atoms with E-state index in [1.165, 1.54) is 22.8 Å². The number of carbonyl (C=O) groups is 2. The van der Waals surface area contributed by atoms with Crippen molar-refractivity contribution in [3.05, 3.63) is 60.8 Å². The maximum Gasteiger partial charge on any atom is 0.345 e. The van der Waals surface area contributed by atoms with E-state index in [9.17, 15) is 29.3 Å². The van der Waals surface area contributed by atoms with E-state index in [1.54, 1.807) is 0 Å². The van der Waals surface area contributed by atoms with Crippen LogP contribution in [0.4, 0.5) is 17.2 Å². The zero-order valence-corrected chi connectivity index (χ0v) is 19.2. The SMILES string of the molecule is CCCCCN(C(=O)COC(=O)c1ccccc1[N+](=O)[O-])c1c(N)n(CCCC)c(=O)[nH]c1=O. The van der Waals surface area contributed by atoms with E-state index in [2.05, 4.69) is 4.98 Å². The average molecular weight is 476 g/mol. The Morgan fingerprint density at radius 2 is 1.82 bits per heavy atom. The third-order valence-corrected chi connectivity index (χ3v) is 5.15. The number of anilines is 2. The number of aromatic nitrogens is 2. The molecule has 0 bridgehead atoms. The molecule has 1 amide bonds. The lowest BCUT2D eigenvalue weighted by molar-refractivity contribution is -0.385. The Morgan fingerprint density at radius 1 is 1.15 bits per heavy atom. The van der Waals surface area contributed by atoms with Crippen molar-refractivity contribution in [2.24, 2.45) is 0 Å². The smallest absolute Gasteiger partial charge is 0.345 e. The van der Waals surface area contributed by atoms with Crippen molar-refractivity contribution in [2.75, 3.05) is 23.8 Å². The highest BCUT2D eigenvalue weighted by Crippen LogP contribution is 2.20.